The molecule has 3 aromatic rings. The first-order valence-electron chi connectivity index (χ1n) is 7.87. The average molecular weight is 394 g/mol. The summed E-state index contributed by atoms with van der Waals surface area (Å²) in [6.07, 6.45) is 0. The van der Waals surface area contributed by atoms with Crippen LogP contribution < -0.4 is 5.56 Å². The summed E-state index contributed by atoms with van der Waals surface area (Å²) in [7, 11) is 0. The van der Waals surface area contributed by atoms with E-state index in [0.717, 1.165) is 22.6 Å². The zero-order valence-corrected chi connectivity index (χ0v) is 16.0. The van der Waals surface area contributed by atoms with Gasteiger partial charge in [0.05, 0.1) is 16.4 Å². The summed E-state index contributed by atoms with van der Waals surface area (Å²) < 4.78 is 26.3. The lowest BCUT2D eigenvalue weighted by molar-refractivity contribution is 0.0993. The van der Waals surface area contributed by atoms with Crippen LogP contribution in [0.3, 0.4) is 0 Å². The highest BCUT2D eigenvalue weighted by Crippen LogP contribution is 2.27. The Morgan fingerprint density at radius 2 is 2.04 bits per heavy atom. The van der Waals surface area contributed by atoms with E-state index in [1.165, 1.54) is 29.2 Å². The van der Waals surface area contributed by atoms with Crippen LogP contribution in [0.4, 0.5) is 8.78 Å². The van der Waals surface area contributed by atoms with Crippen LogP contribution >= 0.6 is 23.1 Å². The Kier molecular flexibility index (Phi) is 5.24. The Hall–Kier alpha value is -2.06. The number of benzene rings is 1. The average Bonchev–Trinajstić information content (AvgIpc) is 2.89. The molecule has 8 heteroatoms. The molecule has 0 aliphatic rings. The number of hydrogen-bond acceptors (Lipinski definition) is 5. The molecular weight excluding hydrogens is 378 g/mol. The van der Waals surface area contributed by atoms with Gasteiger partial charge in [-0.3, -0.25) is 9.59 Å². The summed E-state index contributed by atoms with van der Waals surface area (Å²) in [5.74, 6) is -1.53. The number of ketones is 1. The molecule has 0 saturated heterocycles. The number of H-pyrrole nitrogens is 1. The van der Waals surface area contributed by atoms with Crippen molar-refractivity contribution >= 4 is 39.1 Å². The number of carbonyl (C=O) groups excluding carboxylic acids is 1. The number of rotatable bonds is 5. The second kappa shape index (κ2) is 7.28. The van der Waals surface area contributed by atoms with Crippen LogP contribution in [0.5, 0.6) is 0 Å². The molecule has 0 amide bonds. The van der Waals surface area contributed by atoms with Gasteiger partial charge in [-0.05, 0) is 44.5 Å². The van der Waals surface area contributed by atoms with Gasteiger partial charge in [0.25, 0.3) is 5.56 Å². The third kappa shape index (κ3) is 3.57. The third-order valence-electron chi connectivity index (χ3n) is 4.13. The molecule has 0 bridgehead atoms. The number of aryl methyl sites for hydroxylation is 2. The fourth-order valence-electron chi connectivity index (χ4n) is 2.53. The molecular formula is C18H16F2N2O2S2. The molecule has 0 spiro atoms. The van der Waals surface area contributed by atoms with Crippen LogP contribution in [0, 0.1) is 25.5 Å². The first kappa shape index (κ1) is 18.7. The van der Waals surface area contributed by atoms with Crippen LogP contribution in [-0.2, 0) is 5.75 Å². The smallest absolute Gasteiger partial charge is 0.259 e. The monoisotopic (exact) mass is 394 g/mol. The van der Waals surface area contributed by atoms with Crippen molar-refractivity contribution in [3.8, 4) is 0 Å². The summed E-state index contributed by atoms with van der Waals surface area (Å²) in [4.78, 5) is 33.6. The van der Waals surface area contributed by atoms with E-state index in [9.17, 15) is 18.4 Å². The van der Waals surface area contributed by atoms with Crippen molar-refractivity contribution < 1.29 is 13.6 Å². The lowest BCUT2D eigenvalue weighted by atomic mass is 10.1. The van der Waals surface area contributed by atoms with Crippen molar-refractivity contribution in [2.24, 2.45) is 0 Å². The van der Waals surface area contributed by atoms with E-state index in [0.29, 0.717) is 21.8 Å². The highest BCUT2D eigenvalue weighted by molar-refractivity contribution is 7.99. The fraction of sp³-hybridized carbons (Fsp3) is 0.278. The molecule has 0 aliphatic heterocycles. The number of nitrogens with zero attached hydrogens (tertiary/aromatic N) is 1. The lowest BCUT2D eigenvalue weighted by Gasteiger charge is -2.10. The number of halogens is 2. The first-order chi connectivity index (χ1) is 12.3. The normalized spacial score (nSPS) is 12.5. The van der Waals surface area contributed by atoms with Crippen molar-refractivity contribution in [2.75, 3.05) is 0 Å². The van der Waals surface area contributed by atoms with Crippen molar-refractivity contribution in [3.63, 3.8) is 0 Å². The highest BCUT2D eigenvalue weighted by atomic mass is 32.2. The summed E-state index contributed by atoms with van der Waals surface area (Å²) in [5.41, 5.74) is 0.859. The van der Waals surface area contributed by atoms with Crippen molar-refractivity contribution in [3.05, 3.63) is 62.0 Å². The zero-order valence-electron chi connectivity index (χ0n) is 14.4. The van der Waals surface area contributed by atoms with E-state index in [2.05, 4.69) is 9.97 Å². The van der Waals surface area contributed by atoms with E-state index in [1.54, 1.807) is 6.92 Å². The highest BCUT2D eigenvalue weighted by Gasteiger charge is 2.19. The molecule has 4 nitrogen and oxygen atoms in total. The molecule has 1 aromatic carbocycles. The fourth-order valence-corrected chi connectivity index (χ4v) is 4.41. The standard InChI is InChI=1S/C18H16F2N2O2S2/c1-8-9(2)26-18-15(8)17(24)21-14(22-18)7-25-10(3)16(23)11-4-5-12(19)13(20)6-11/h4-6,10H,7H2,1-3H3,(H,21,22,24)/t10-/m1/s1. The van der Waals surface area contributed by atoms with Gasteiger partial charge < -0.3 is 4.98 Å². The molecule has 0 fully saturated rings. The molecule has 136 valence electrons. The Labute approximate surface area is 156 Å². The predicted molar refractivity (Wildman–Crippen MR) is 101 cm³/mol. The molecule has 0 unspecified atom stereocenters. The molecule has 0 saturated carbocycles. The van der Waals surface area contributed by atoms with Crippen LogP contribution in [0.2, 0.25) is 0 Å². The van der Waals surface area contributed by atoms with Crippen LogP contribution in [0.25, 0.3) is 10.2 Å². The van der Waals surface area contributed by atoms with Crippen LogP contribution in [-0.4, -0.2) is 21.0 Å². The minimum atomic E-state index is -1.05. The summed E-state index contributed by atoms with van der Waals surface area (Å²) >= 11 is 2.74. The number of thiophene rings is 1. The quantitative estimate of drug-likeness (QED) is 0.652. The van der Waals surface area contributed by atoms with E-state index in [1.807, 2.05) is 13.8 Å². The van der Waals surface area contributed by atoms with Gasteiger partial charge in [0.1, 0.15) is 10.7 Å². The van der Waals surface area contributed by atoms with Crippen LogP contribution in [0.15, 0.2) is 23.0 Å². The zero-order chi connectivity index (χ0) is 19.0. The second-order valence-corrected chi connectivity index (χ2v) is 8.45. The van der Waals surface area contributed by atoms with Gasteiger partial charge in [0, 0.05) is 10.4 Å². The Balaban J connectivity index is 1.75. The minimum absolute atomic E-state index is 0.116. The van der Waals surface area contributed by atoms with E-state index in [-0.39, 0.29) is 16.9 Å². The largest absolute Gasteiger partial charge is 0.309 e. The number of aromatic nitrogens is 2. The van der Waals surface area contributed by atoms with Crippen LogP contribution in [0.1, 0.15) is 33.5 Å². The molecule has 2 heterocycles. The maximum Gasteiger partial charge on any atom is 0.259 e. The maximum atomic E-state index is 13.3. The Bertz CT molecular complexity index is 1060. The van der Waals surface area contributed by atoms with Crippen molar-refractivity contribution in [1.29, 1.82) is 0 Å². The van der Waals surface area contributed by atoms with Crippen molar-refractivity contribution in [1.82, 2.24) is 9.97 Å². The molecule has 26 heavy (non-hydrogen) atoms. The second-order valence-electron chi connectivity index (χ2n) is 5.92. The number of fused-ring (bicyclic) bond motifs is 1. The number of nitrogens with one attached hydrogen (secondary N) is 1. The summed E-state index contributed by atoms with van der Waals surface area (Å²) in [5, 5.41) is 0.111. The van der Waals surface area contributed by atoms with Gasteiger partial charge in [0.15, 0.2) is 17.4 Å². The Morgan fingerprint density at radius 3 is 2.73 bits per heavy atom. The SMILES string of the molecule is Cc1sc2nc(CS[C@H](C)C(=O)c3ccc(F)c(F)c3)[nH]c(=O)c2c1C. The van der Waals surface area contributed by atoms with E-state index >= 15 is 0 Å². The lowest BCUT2D eigenvalue weighted by Crippen LogP contribution is -2.16. The first-order valence-corrected chi connectivity index (χ1v) is 9.74. The van der Waals surface area contributed by atoms with Gasteiger partial charge in [-0.2, -0.15) is 0 Å². The molecule has 3 rings (SSSR count). The van der Waals surface area contributed by atoms with E-state index in [4.69, 9.17) is 0 Å². The van der Waals surface area contributed by atoms with Gasteiger partial charge in [-0.15, -0.1) is 23.1 Å². The number of thioether (sulfide) groups is 1. The molecule has 2 aromatic heterocycles. The topological polar surface area (TPSA) is 62.8 Å². The maximum absolute atomic E-state index is 13.3. The van der Waals surface area contributed by atoms with Gasteiger partial charge >= 0.3 is 0 Å². The molecule has 0 radical (unpaired) electrons. The van der Waals surface area contributed by atoms with Gasteiger partial charge in [-0.25, -0.2) is 13.8 Å². The number of hydrogen-bond donors (Lipinski definition) is 1. The minimum Gasteiger partial charge on any atom is -0.309 e. The predicted octanol–water partition coefficient (Wildman–Crippen LogP) is 4.38. The Morgan fingerprint density at radius 1 is 1.31 bits per heavy atom. The summed E-state index contributed by atoms with van der Waals surface area (Å²) in [6.45, 7) is 5.52. The molecule has 1 atom stereocenters. The number of Topliss-reactive ketones (excluding diaryl/α,β-unsaturated/α-hetero) is 1. The van der Waals surface area contributed by atoms with E-state index < -0.39 is 16.9 Å². The number of aromatic amines is 1. The summed E-state index contributed by atoms with van der Waals surface area (Å²) in [6, 6.07) is 3.10. The van der Waals surface area contributed by atoms with Gasteiger partial charge in [0.2, 0.25) is 0 Å². The van der Waals surface area contributed by atoms with Crippen molar-refractivity contribution in [2.45, 2.75) is 31.8 Å². The molecule has 0 aliphatic carbocycles. The van der Waals surface area contributed by atoms with Gasteiger partial charge in [-0.1, -0.05) is 0 Å². The number of carbonyl (C=O) groups is 1. The third-order valence-corrected chi connectivity index (χ3v) is 6.39. The molecule has 1 N–H and O–H groups in total.